The quantitative estimate of drug-likeness (QED) is 0.752. The van der Waals surface area contributed by atoms with Crippen LogP contribution in [0.25, 0.3) is 5.57 Å². The standard InChI is InChI=1S/C20H19F2N3O4S/c1-30(28,29)24-18(27)19(9-10-19)20(25-17(26)16(22)12-23-25)8-7-14(15(21)11-20)13-5-3-2-4-6-13/h2-8,12,26H,9-11H2,1H3,(H,24,27). The lowest BCUT2D eigenvalue weighted by Gasteiger charge is -2.40. The predicted octanol–water partition coefficient (Wildman–Crippen LogP) is 2.62. The average Bonchev–Trinajstić information content (AvgIpc) is 3.43. The van der Waals surface area contributed by atoms with E-state index < -0.39 is 50.8 Å². The lowest BCUT2D eigenvalue weighted by molar-refractivity contribution is -0.128. The molecule has 0 spiro atoms. The maximum Gasteiger partial charge on any atom is 0.247 e. The second-order valence-electron chi connectivity index (χ2n) is 7.63. The third-order valence-corrected chi connectivity index (χ3v) is 6.25. The van der Waals surface area contributed by atoms with Crippen molar-refractivity contribution in [3.8, 4) is 5.88 Å². The number of sulfonamides is 1. The summed E-state index contributed by atoms with van der Waals surface area (Å²) < 4.78 is 55.4. The fourth-order valence-corrected chi connectivity index (χ4v) is 4.64. The fraction of sp³-hybridized carbons (Fsp3) is 0.300. The highest BCUT2D eigenvalue weighted by Gasteiger charge is 2.66. The van der Waals surface area contributed by atoms with E-state index in [1.165, 1.54) is 12.2 Å². The van der Waals surface area contributed by atoms with E-state index >= 15 is 4.39 Å². The summed E-state index contributed by atoms with van der Waals surface area (Å²) in [5.41, 5.74) is -2.13. The van der Waals surface area contributed by atoms with Gasteiger partial charge >= 0.3 is 0 Å². The van der Waals surface area contributed by atoms with Gasteiger partial charge in [-0.2, -0.15) is 9.49 Å². The highest BCUT2D eigenvalue weighted by atomic mass is 32.2. The van der Waals surface area contributed by atoms with Gasteiger partial charge in [-0.15, -0.1) is 0 Å². The first kappa shape index (κ1) is 20.3. The third-order valence-electron chi connectivity index (χ3n) is 5.70. The maximum atomic E-state index is 15.4. The van der Waals surface area contributed by atoms with Crippen molar-refractivity contribution in [1.82, 2.24) is 14.5 Å². The van der Waals surface area contributed by atoms with E-state index in [-0.39, 0.29) is 18.4 Å². The van der Waals surface area contributed by atoms with Crippen LogP contribution in [0.2, 0.25) is 0 Å². The number of carbonyl (C=O) groups is 1. The summed E-state index contributed by atoms with van der Waals surface area (Å²) in [6.07, 6.45) is 4.59. The van der Waals surface area contributed by atoms with Crippen molar-refractivity contribution >= 4 is 21.5 Å². The van der Waals surface area contributed by atoms with Gasteiger partial charge in [0.1, 0.15) is 11.4 Å². The summed E-state index contributed by atoms with van der Waals surface area (Å²) in [4.78, 5) is 12.9. The van der Waals surface area contributed by atoms with Gasteiger partial charge in [-0.05, 0) is 18.4 Å². The molecule has 1 aromatic carbocycles. The molecule has 158 valence electrons. The Labute approximate surface area is 171 Å². The number of hydrogen-bond acceptors (Lipinski definition) is 5. The van der Waals surface area contributed by atoms with Gasteiger partial charge in [0, 0.05) is 12.0 Å². The SMILES string of the molecule is CS(=O)(=O)NC(=O)C1(C2(n3ncc(F)c3O)C=CC(c3ccccc3)=C(F)C2)CC1. The van der Waals surface area contributed by atoms with Crippen LogP contribution in [0.1, 0.15) is 24.8 Å². The smallest absolute Gasteiger partial charge is 0.247 e. The van der Waals surface area contributed by atoms with E-state index in [1.54, 1.807) is 30.3 Å². The molecule has 1 heterocycles. The summed E-state index contributed by atoms with van der Waals surface area (Å²) in [6, 6.07) is 8.74. The number of rotatable bonds is 5. The van der Waals surface area contributed by atoms with E-state index in [2.05, 4.69) is 5.10 Å². The Hall–Kier alpha value is -3.01. The van der Waals surface area contributed by atoms with Gasteiger partial charge in [-0.25, -0.2) is 17.5 Å². The molecule has 1 aromatic heterocycles. The number of allylic oxidation sites excluding steroid dienone is 4. The lowest BCUT2D eigenvalue weighted by atomic mass is 9.73. The van der Waals surface area contributed by atoms with Gasteiger partial charge in [0.2, 0.25) is 27.6 Å². The van der Waals surface area contributed by atoms with Crippen LogP contribution in [0, 0.1) is 11.2 Å². The molecular formula is C20H19F2N3O4S. The van der Waals surface area contributed by atoms with Gasteiger partial charge in [-0.1, -0.05) is 42.5 Å². The zero-order chi connectivity index (χ0) is 21.7. The molecule has 2 N–H and O–H groups in total. The van der Waals surface area contributed by atoms with Crippen LogP contribution in [0.5, 0.6) is 5.88 Å². The zero-order valence-corrected chi connectivity index (χ0v) is 16.8. The second-order valence-corrected chi connectivity index (χ2v) is 9.38. The van der Waals surface area contributed by atoms with Crippen LogP contribution >= 0.6 is 0 Å². The number of benzene rings is 1. The van der Waals surface area contributed by atoms with E-state index in [0.717, 1.165) is 17.1 Å². The van der Waals surface area contributed by atoms with Crippen LogP contribution in [0.4, 0.5) is 8.78 Å². The number of nitrogens with one attached hydrogen (secondary N) is 1. The van der Waals surface area contributed by atoms with E-state index in [0.29, 0.717) is 5.56 Å². The second kappa shape index (κ2) is 6.76. The number of hydrogen-bond donors (Lipinski definition) is 2. The molecule has 7 nitrogen and oxygen atoms in total. The first-order chi connectivity index (χ1) is 14.1. The minimum atomic E-state index is -3.88. The molecule has 1 unspecified atom stereocenters. The highest BCUT2D eigenvalue weighted by Crippen LogP contribution is 2.62. The van der Waals surface area contributed by atoms with Gasteiger partial charge in [0.05, 0.1) is 17.9 Å². The zero-order valence-electron chi connectivity index (χ0n) is 16.0. The summed E-state index contributed by atoms with van der Waals surface area (Å²) in [7, 11) is -3.88. The minimum absolute atomic E-state index is 0.216. The van der Waals surface area contributed by atoms with Crippen molar-refractivity contribution in [3.05, 3.63) is 65.9 Å². The van der Waals surface area contributed by atoms with Crippen LogP contribution in [-0.4, -0.2) is 35.5 Å². The van der Waals surface area contributed by atoms with Gasteiger partial charge in [0.15, 0.2) is 0 Å². The molecule has 0 aliphatic heterocycles. The van der Waals surface area contributed by atoms with Crippen molar-refractivity contribution in [2.24, 2.45) is 5.41 Å². The van der Waals surface area contributed by atoms with Crippen molar-refractivity contribution in [3.63, 3.8) is 0 Å². The van der Waals surface area contributed by atoms with Gasteiger partial charge < -0.3 is 5.11 Å². The molecule has 0 saturated heterocycles. The van der Waals surface area contributed by atoms with Crippen LogP contribution < -0.4 is 4.72 Å². The Morgan fingerprint density at radius 2 is 1.90 bits per heavy atom. The molecule has 0 bridgehead atoms. The first-order valence-electron chi connectivity index (χ1n) is 9.18. The Balaban J connectivity index is 1.85. The number of amides is 1. The average molecular weight is 435 g/mol. The molecule has 1 amide bonds. The van der Waals surface area contributed by atoms with Crippen molar-refractivity contribution < 1.29 is 27.1 Å². The Kier molecular flexibility index (Phi) is 4.57. The number of aromatic hydroxyl groups is 1. The summed E-state index contributed by atoms with van der Waals surface area (Å²) >= 11 is 0. The number of nitrogens with zero attached hydrogens (tertiary/aromatic N) is 2. The van der Waals surface area contributed by atoms with Crippen molar-refractivity contribution in [2.45, 2.75) is 24.8 Å². The predicted molar refractivity (Wildman–Crippen MR) is 105 cm³/mol. The van der Waals surface area contributed by atoms with Crippen molar-refractivity contribution in [2.75, 3.05) is 6.26 Å². The third kappa shape index (κ3) is 3.11. The normalized spacial score (nSPS) is 22.8. The summed E-state index contributed by atoms with van der Waals surface area (Å²) in [6.45, 7) is 0. The number of aromatic nitrogens is 2. The van der Waals surface area contributed by atoms with Gasteiger partial charge in [0.25, 0.3) is 0 Å². The highest BCUT2D eigenvalue weighted by molar-refractivity contribution is 7.89. The van der Waals surface area contributed by atoms with E-state index in [1.807, 2.05) is 4.72 Å². The monoisotopic (exact) mass is 435 g/mol. The maximum absolute atomic E-state index is 15.4. The van der Waals surface area contributed by atoms with Crippen LogP contribution in [-0.2, 0) is 20.4 Å². The fourth-order valence-electron chi connectivity index (χ4n) is 4.11. The van der Waals surface area contributed by atoms with E-state index in [4.69, 9.17) is 0 Å². The summed E-state index contributed by atoms with van der Waals surface area (Å²) in [5, 5.41) is 14.1. The van der Waals surface area contributed by atoms with Crippen LogP contribution in [0.15, 0.2) is 54.5 Å². The number of halogens is 2. The van der Waals surface area contributed by atoms with Crippen LogP contribution in [0.3, 0.4) is 0 Å². The van der Waals surface area contributed by atoms with Crippen molar-refractivity contribution in [1.29, 1.82) is 0 Å². The molecule has 30 heavy (non-hydrogen) atoms. The Morgan fingerprint density at radius 1 is 1.23 bits per heavy atom. The molecule has 2 aromatic rings. The lowest BCUT2D eigenvalue weighted by Crippen LogP contribution is -2.51. The molecule has 10 heteroatoms. The van der Waals surface area contributed by atoms with E-state index in [9.17, 15) is 22.7 Å². The molecule has 1 atom stereocenters. The molecule has 1 saturated carbocycles. The minimum Gasteiger partial charge on any atom is -0.491 e. The Morgan fingerprint density at radius 3 is 2.40 bits per heavy atom. The molecule has 2 aliphatic carbocycles. The molecule has 1 fully saturated rings. The largest absolute Gasteiger partial charge is 0.491 e. The Bertz CT molecular complexity index is 1180. The molecule has 4 rings (SSSR count). The van der Waals surface area contributed by atoms with Gasteiger partial charge in [-0.3, -0.25) is 9.52 Å². The molecular weight excluding hydrogens is 416 g/mol. The first-order valence-corrected chi connectivity index (χ1v) is 11.1. The topological polar surface area (TPSA) is 101 Å². The number of carbonyl (C=O) groups excluding carboxylic acids is 1. The molecule has 2 aliphatic rings. The molecule has 0 radical (unpaired) electrons. The summed E-state index contributed by atoms with van der Waals surface area (Å²) in [5.74, 6) is -3.31.